The van der Waals surface area contributed by atoms with Gasteiger partial charge in [-0.15, -0.1) is 0 Å². The molecule has 3 heteroatoms. The fourth-order valence-corrected chi connectivity index (χ4v) is 1.97. The van der Waals surface area contributed by atoms with E-state index in [0.29, 0.717) is 6.61 Å². The smallest absolute Gasteiger partial charge is 0.0655 e. The van der Waals surface area contributed by atoms with Crippen molar-refractivity contribution in [2.24, 2.45) is 5.73 Å². The Morgan fingerprint density at radius 3 is 2.77 bits per heavy atom. The third-order valence-electron chi connectivity index (χ3n) is 1.98. The lowest BCUT2D eigenvalue weighted by Crippen LogP contribution is -2.17. The van der Waals surface area contributed by atoms with Crippen molar-refractivity contribution in [2.75, 3.05) is 13.7 Å². The van der Waals surface area contributed by atoms with E-state index >= 15 is 0 Å². The summed E-state index contributed by atoms with van der Waals surface area (Å²) in [6.45, 7) is 2.65. The zero-order valence-corrected chi connectivity index (χ0v) is 10.0. The van der Waals surface area contributed by atoms with Crippen LogP contribution in [-0.4, -0.2) is 13.7 Å². The molecular weight excluding hydrogens is 277 g/mol. The molecule has 13 heavy (non-hydrogen) atoms. The van der Waals surface area contributed by atoms with Crippen LogP contribution in [-0.2, 0) is 4.74 Å². The summed E-state index contributed by atoms with van der Waals surface area (Å²) in [7, 11) is 1.67. The predicted molar refractivity (Wildman–Crippen MR) is 62.7 cm³/mol. The van der Waals surface area contributed by atoms with Crippen molar-refractivity contribution >= 4 is 22.6 Å². The zero-order valence-electron chi connectivity index (χ0n) is 7.88. The fraction of sp³-hybridized carbons (Fsp3) is 0.400. The van der Waals surface area contributed by atoms with Crippen LogP contribution >= 0.6 is 22.6 Å². The summed E-state index contributed by atoms with van der Waals surface area (Å²) < 4.78 is 6.26. The van der Waals surface area contributed by atoms with Crippen LogP contribution in [0.15, 0.2) is 18.2 Å². The van der Waals surface area contributed by atoms with Gasteiger partial charge in [-0.1, -0.05) is 6.07 Å². The van der Waals surface area contributed by atoms with Gasteiger partial charge in [-0.25, -0.2) is 0 Å². The first-order valence-electron chi connectivity index (χ1n) is 4.15. The lowest BCUT2D eigenvalue weighted by atomic mass is 10.0. The monoisotopic (exact) mass is 291 g/mol. The number of ether oxygens (including phenoxy) is 1. The van der Waals surface area contributed by atoms with Crippen LogP contribution in [0.25, 0.3) is 0 Å². The first-order valence-corrected chi connectivity index (χ1v) is 5.23. The summed E-state index contributed by atoms with van der Waals surface area (Å²) in [5.74, 6) is 0. The van der Waals surface area contributed by atoms with Gasteiger partial charge in [0.2, 0.25) is 0 Å². The van der Waals surface area contributed by atoms with Crippen molar-refractivity contribution in [3.05, 3.63) is 32.9 Å². The summed E-state index contributed by atoms with van der Waals surface area (Å²) in [5.41, 5.74) is 8.33. The van der Waals surface area contributed by atoms with Crippen LogP contribution in [0.1, 0.15) is 17.2 Å². The van der Waals surface area contributed by atoms with Gasteiger partial charge < -0.3 is 10.5 Å². The summed E-state index contributed by atoms with van der Waals surface area (Å²) in [6.07, 6.45) is 0. The average Bonchev–Trinajstić information content (AvgIpc) is 2.04. The van der Waals surface area contributed by atoms with Gasteiger partial charge in [0, 0.05) is 10.7 Å². The van der Waals surface area contributed by atoms with Gasteiger partial charge in [-0.05, 0) is 52.8 Å². The molecule has 0 heterocycles. The van der Waals surface area contributed by atoms with Gasteiger partial charge in [0.05, 0.1) is 12.6 Å². The second-order valence-electron chi connectivity index (χ2n) is 3.06. The molecule has 72 valence electrons. The van der Waals surface area contributed by atoms with Crippen LogP contribution in [0.3, 0.4) is 0 Å². The largest absolute Gasteiger partial charge is 0.383 e. The molecule has 0 aliphatic carbocycles. The number of benzene rings is 1. The Labute approximate surface area is 92.6 Å². The van der Waals surface area contributed by atoms with E-state index in [1.54, 1.807) is 7.11 Å². The molecule has 0 aromatic heterocycles. The highest BCUT2D eigenvalue weighted by Gasteiger charge is 2.07. The number of nitrogens with two attached hydrogens (primary N) is 1. The maximum atomic E-state index is 5.93. The topological polar surface area (TPSA) is 35.2 Å². The molecule has 0 aliphatic rings. The Balaban J connectivity index is 2.88. The molecular formula is C10H14INO. The van der Waals surface area contributed by atoms with Crippen LogP contribution in [0, 0.1) is 10.5 Å². The lowest BCUT2D eigenvalue weighted by molar-refractivity contribution is 0.180. The molecule has 1 aromatic carbocycles. The molecule has 2 nitrogen and oxygen atoms in total. The fourth-order valence-electron chi connectivity index (χ4n) is 1.32. The third kappa shape index (κ3) is 2.93. The van der Waals surface area contributed by atoms with E-state index in [1.165, 1.54) is 14.7 Å². The van der Waals surface area contributed by atoms with Gasteiger partial charge in [-0.3, -0.25) is 0 Å². The van der Waals surface area contributed by atoms with Crippen molar-refractivity contribution < 1.29 is 4.74 Å². The van der Waals surface area contributed by atoms with E-state index in [4.69, 9.17) is 10.5 Å². The molecule has 0 spiro atoms. The number of hydrogen-bond donors (Lipinski definition) is 1. The summed E-state index contributed by atoms with van der Waals surface area (Å²) in [5, 5.41) is 0. The highest BCUT2D eigenvalue weighted by Crippen LogP contribution is 2.18. The average molecular weight is 291 g/mol. The van der Waals surface area contributed by atoms with E-state index in [2.05, 4.69) is 47.7 Å². The van der Waals surface area contributed by atoms with Crippen LogP contribution in [0.4, 0.5) is 0 Å². The van der Waals surface area contributed by atoms with Gasteiger partial charge in [0.15, 0.2) is 0 Å². The normalized spacial score (nSPS) is 12.9. The van der Waals surface area contributed by atoms with Crippen LogP contribution in [0.2, 0.25) is 0 Å². The number of rotatable bonds is 3. The maximum absolute atomic E-state index is 5.93. The number of halogens is 1. The van der Waals surface area contributed by atoms with Crippen LogP contribution in [0.5, 0.6) is 0 Å². The van der Waals surface area contributed by atoms with Gasteiger partial charge in [0.25, 0.3) is 0 Å². The Morgan fingerprint density at radius 1 is 1.54 bits per heavy atom. The van der Waals surface area contributed by atoms with Crippen molar-refractivity contribution in [1.29, 1.82) is 0 Å². The standard InChI is InChI=1S/C10H14INO/c1-7-5-8(11)3-4-9(7)10(12)6-13-2/h3-5,10H,6,12H2,1-2H3. The predicted octanol–water partition coefficient (Wildman–Crippen LogP) is 2.25. The van der Waals surface area contributed by atoms with E-state index in [0.717, 1.165) is 0 Å². The maximum Gasteiger partial charge on any atom is 0.0655 e. The van der Waals surface area contributed by atoms with Gasteiger partial charge >= 0.3 is 0 Å². The molecule has 1 unspecified atom stereocenters. The minimum atomic E-state index is -0.0120. The molecule has 0 fully saturated rings. The zero-order chi connectivity index (χ0) is 9.84. The highest BCUT2D eigenvalue weighted by atomic mass is 127. The second-order valence-corrected chi connectivity index (χ2v) is 4.31. The minimum absolute atomic E-state index is 0.0120. The third-order valence-corrected chi connectivity index (χ3v) is 2.65. The Hall–Kier alpha value is -0.130. The number of methoxy groups -OCH3 is 1. The molecule has 1 atom stereocenters. The lowest BCUT2D eigenvalue weighted by Gasteiger charge is -2.13. The first kappa shape index (κ1) is 10.9. The highest BCUT2D eigenvalue weighted by molar-refractivity contribution is 14.1. The molecule has 1 aromatic rings. The van der Waals surface area contributed by atoms with Crippen molar-refractivity contribution in [1.82, 2.24) is 0 Å². The van der Waals surface area contributed by atoms with E-state index in [9.17, 15) is 0 Å². The van der Waals surface area contributed by atoms with E-state index in [-0.39, 0.29) is 6.04 Å². The van der Waals surface area contributed by atoms with Crippen molar-refractivity contribution in [3.63, 3.8) is 0 Å². The molecule has 2 N–H and O–H groups in total. The Morgan fingerprint density at radius 2 is 2.23 bits per heavy atom. The molecule has 0 saturated carbocycles. The summed E-state index contributed by atoms with van der Waals surface area (Å²) in [6, 6.07) is 6.26. The number of hydrogen-bond acceptors (Lipinski definition) is 2. The van der Waals surface area contributed by atoms with Gasteiger partial charge in [-0.2, -0.15) is 0 Å². The van der Waals surface area contributed by atoms with Crippen molar-refractivity contribution in [2.45, 2.75) is 13.0 Å². The molecule has 0 aliphatic heterocycles. The molecule has 1 rings (SSSR count). The summed E-state index contributed by atoms with van der Waals surface area (Å²) in [4.78, 5) is 0. The molecule has 0 amide bonds. The van der Waals surface area contributed by atoms with Crippen molar-refractivity contribution in [3.8, 4) is 0 Å². The SMILES string of the molecule is COCC(N)c1ccc(I)cc1C. The quantitative estimate of drug-likeness (QED) is 0.867. The first-order chi connectivity index (χ1) is 6.15. The van der Waals surface area contributed by atoms with E-state index < -0.39 is 0 Å². The van der Waals surface area contributed by atoms with E-state index in [1.807, 2.05) is 0 Å². The second kappa shape index (κ2) is 4.93. The molecule has 0 radical (unpaired) electrons. The van der Waals surface area contributed by atoms with Gasteiger partial charge in [0.1, 0.15) is 0 Å². The minimum Gasteiger partial charge on any atom is -0.383 e. The molecule has 0 bridgehead atoms. The summed E-state index contributed by atoms with van der Waals surface area (Å²) >= 11 is 2.29. The Bertz CT molecular complexity index is 288. The number of aryl methyl sites for hydroxylation is 1. The molecule has 0 saturated heterocycles. The van der Waals surface area contributed by atoms with Crippen LogP contribution < -0.4 is 5.73 Å². The Kier molecular flexibility index (Phi) is 4.15.